The lowest BCUT2D eigenvalue weighted by molar-refractivity contribution is -0.121. The zero-order chi connectivity index (χ0) is 13.8. The number of nitrogens with one attached hydrogen (secondary N) is 1. The highest BCUT2D eigenvalue weighted by atomic mass is 35.5. The van der Waals surface area contributed by atoms with E-state index in [1.165, 1.54) is 22.2 Å². The van der Waals surface area contributed by atoms with Crippen LogP contribution in [0.1, 0.15) is 13.3 Å². The van der Waals surface area contributed by atoms with E-state index in [0.717, 1.165) is 4.83 Å². The highest BCUT2D eigenvalue weighted by Crippen LogP contribution is 2.13. The van der Waals surface area contributed by atoms with Crippen molar-refractivity contribution in [1.82, 2.24) is 14.9 Å². The Bertz CT molecular complexity index is 640. The van der Waals surface area contributed by atoms with E-state index < -0.39 is 0 Å². The van der Waals surface area contributed by atoms with E-state index >= 15 is 0 Å². The number of thiophene rings is 1. The van der Waals surface area contributed by atoms with Crippen molar-refractivity contribution in [3.05, 3.63) is 28.1 Å². The topological polar surface area (TPSA) is 90.0 Å². The molecule has 2 heterocycles. The average Bonchev–Trinajstić information content (AvgIpc) is 2.87. The van der Waals surface area contributed by atoms with Crippen LogP contribution in [0.25, 0.3) is 10.2 Å². The van der Waals surface area contributed by atoms with Crippen molar-refractivity contribution in [3.8, 4) is 0 Å². The van der Waals surface area contributed by atoms with Gasteiger partial charge in [-0.1, -0.05) is 0 Å². The molecule has 20 heavy (non-hydrogen) atoms. The number of nitrogens with two attached hydrogens (primary N) is 1. The molecule has 0 saturated carbocycles. The quantitative estimate of drug-likeness (QED) is 0.851. The first-order valence-electron chi connectivity index (χ1n) is 6.04. The molecule has 0 radical (unpaired) electrons. The summed E-state index contributed by atoms with van der Waals surface area (Å²) in [6, 6.07) is 1.70. The first-order valence-corrected chi connectivity index (χ1v) is 6.92. The number of aromatic nitrogens is 2. The highest BCUT2D eigenvalue weighted by molar-refractivity contribution is 7.16. The molecule has 0 spiro atoms. The maximum absolute atomic E-state index is 12.1. The van der Waals surface area contributed by atoms with Gasteiger partial charge in [-0.25, -0.2) is 4.98 Å². The summed E-state index contributed by atoms with van der Waals surface area (Å²) in [6.45, 7) is 2.55. The summed E-state index contributed by atoms with van der Waals surface area (Å²) in [7, 11) is 0. The van der Waals surface area contributed by atoms with Crippen molar-refractivity contribution in [1.29, 1.82) is 0 Å². The van der Waals surface area contributed by atoms with E-state index in [9.17, 15) is 9.59 Å². The SMILES string of the molecule is C[C@@H](CN)NC(=O)CCn1cnc2sccc2c1=O.Cl. The van der Waals surface area contributed by atoms with Gasteiger partial charge in [-0.05, 0) is 18.4 Å². The van der Waals surface area contributed by atoms with Crippen LogP contribution in [0, 0.1) is 0 Å². The van der Waals surface area contributed by atoms with Crippen molar-refractivity contribution in [2.24, 2.45) is 5.73 Å². The molecule has 2 aromatic heterocycles. The monoisotopic (exact) mass is 316 g/mol. The third kappa shape index (κ3) is 3.78. The number of hydrogen-bond donors (Lipinski definition) is 2. The van der Waals surface area contributed by atoms with E-state index in [-0.39, 0.29) is 36.3 Å². The van der Waals surface area contributed by atoms with Gasteiger partial charge in [0.2, 0.25) is 5.91 Å². The second kappa shape index (κ2) is 7.37. The van der Waals surface area contributed by atoms with E-state index in [1.807, 2.05) is 12.3 Å². The molecule has 8 heteroatoms. The van der Waals surface area contributed by atoms with Crippen LogP contribution in [-0.2, 0) is 11.3 Å². The predicted octanol–water partition coefficient (Wildman–Crippen LogP) is 0.733. The van der Waals surface area contributed by atoms with Crippen LogP contribution in [0.2, 0.25) is 0 Å². The Balaban J connectivity index is 0.00000200. The van der Waals surface area contributed by atoms with E-state index in [0.29, 0.717) is 18.5 Å². The lowest BCUT2D eigenvalue weighted by Gasteiger charge is -2.11. The fourth-order valence-electron chi connectivity index (χ4n) is 1.68. The van der Waals surface area contributed by atoms with Crippen LogP contribution >= 0.6 is 23.7 Å². The summed E-state index contributed by atoms with van der Waals surface area (Å²) in [5.41, 5.74) is 5.32. The zero-order valence-electron chi connectivity index (χ0n) is 11.0. The number of aryl methyl sites for hydroxylation is 1. The summed E-state index contributed by atoms with van der Waals surface area (Å²) in [4.78, 5) is 28.6. The Morgan fingerprint density at radius 3 is 3.05 bits per heavy atom. The lowest BCUT2D eigenvalue weighted by Crippen LogP contribution is -2.38. The molecule has 0 aliphatic carbocycles. The molecule has 0 unspecified atom stereocenters. The molecule has 0 bridgehead atoms. The van der Waals surface area contributed by atoms with Gasteiger partial charge in [-0.3, -0.25) is 14.2 Å². The minimum Gasteiger partial charge on any atom is -0.352 e. The number of hydrogen-bond acceptors (Lipinski definition) is 5. The minimum absolute atomic E-state index is 0. The lowest BCUT2D eigenvalue weighted by atomic mass is 10.3. The molecule has 6 nitrogen and oxygen atoms in total. The van der Waals surface area contributed by atoms with E-state index in [2.05, 4.69) is 10.3 Å². The fourth-order valence-corrected chi connectivity index (χ4v) is 2.40. The van der Waals surface area contributed by atoms with Gasteiger partial charge in [0.05, 0.1) is 11.7 Å². The number of fused-ring (bicyclic) bond motifs is 1. The fraction of sp³-hybridized carbons (Fsp3) is 0.417. The molecule has 0 aliphatic rings. The molecule has 0 saturated heterocycles. The van der Waals surface area contributed by atoms with E-state index in [1.54, 1.807) is 6.07 Å². The maximum atomic E-state index is 12.1. The predicted molar refractivity (Wildman–Crippen MR) is 82.4 cm³/mol. The number of carbonyl (C=O) groups is 1. The number of halogens is 1. The molecule has 110 valence electrons. The van der Waals surface area contributed by atoms with Crippen LogP contribution in [0.3, 0.4) is 0 Å². The Morgan fingerprint density at radius 1 is 1.60 bits per heavy atom. The standard InChI is InChI=1S/C12H16N4O2S.ClH/c1-8(6-13)15-10(17)2-4-16-7-14-11-9(12(16)18)3-5-19-11;/h3,5,7-8H,2,4,6,13H2,1H3,(H,15,17);1H/t8-;/m0./s1. The van der Waals surface area contributed by atoms with Crippen LogP contribution < -0.4 is 16.6 Å². The molecular weight excluding hydrogens is 300 g/mol. The van der Waals surface area contributed by atoms with Crippen molar-refractivity contribution in [2.75, 3.05) is 6.54 Å². The average molecular weight is 317 g/mol. The van der Waals surface area contributed by atoms with Gasteiger partial charge in [0, 0.05) is 25.6 Å². The van der Waals surface area contributed by atoms with Crippen LogP contribution in [-0.4, -0.2) is 28.0 Å². The van der Waals surface area contributed by atoms with Gasteiger partial charge in [-0.15, -0.1) is 23.7 Å². The van der Waals surface area contributed by atoms with Crippen molar-refractivity contribution < 1.29 is 4.79 Å². The molecule has 3 N–H and O–H groups in total. The second-order valence-corrected chi connectivity index (χ2v) is 5.23. The van der Waals surface area contributed by atoms with Crippen molar-refractivity contribution >= 4 is 39.9 Å². The minimum atomic E-state index is -0.115. The summed E-state index contributed by atoms with van der Waals surface area (Å²) in [6.07, 6.45) is 1.72. The normalized spacial score (nSPS) is 11.9. The van der Waals surface area contributed by atoms with Gasteiger partial charge >= 0.3 is 0 Å². The van der Waals surface area contributed by atoms with Crippen molar-refractivity contribution in [3.63, 3.8) is 0 Å². The number of nitrogens with zero attached hydrogens (tertiary/aromatic N) is 2. The Morgan fingerprint density at radius 2 is 2.35 bits per heavy atom. The van der Waals surface area contributed by atoms with Crippen molar-refractivity contribution in [2.45, 2.75) is 25.9 Å². The van der Waals surface area contributed by atoms with Crippen LogP contribution in [0.5, 0.6) is 0 Å². The molecule has 1 atom stereocenters. The molecule has 0 aromatic carbocycles. The number of amides is 1. The summed E-state index contributed by atoms with van der Waals surface area (Å²) in [5, 5.41) is 5.19. The molecule has 2 rings (SSSR count). The number of carbonyl (C=O) groups excluding carboxylic acids is 1. The third-order valence-electron chi connectivity index (χ3n) is 2.79. The Labute approximate surface area is 126 Å². The molecular formula is C12H17ClN4O2S. The van der Waals surface area contributed by atoms with Crippen LogP contribution in [0.15, 0.2) is 22.6 Å². The first-order chi connectivity index (χ1) is 9.11. The molecule has 0 fully saturated rings. The Hall–Kier alpha value is -1.44. The molecule has 0 aliphatic heterocycles. The third-order valence-corrected chi connectivity index (χ3v) is 3.61. The summed E-state index contributed by atoms with van der Waals surface area (Å²) in [5.74, 6) is -0.115. The second-order valence-electron chi connectivity index (χ2n) is 4.34. The van der Waals surface area contributed by atoms with E-state index in [4.69, 9.17) is 5.73 Å². The smallest absolute Gasteiger partial charge is 0.262 e. The molecule has 1 amide bonds. The van der Waals surface area contributed by atoms with Gasteiger partial charge in [0.1, 0.15) is 4.83 Å². The largest absolute Gasteiger partial charge is 0.352 e. The summed E-state index contributed by atoms with van der Waals surface area (Å²) < 4.78 is 1.46. The van der Waals surface area contributed by atoms with Gasteiger partial charge in [0.25, 0.3) is 5.56 Å². The van der Waals surface area contributed by atoms with Gasteiger partial charge < -0.3 is 11.1 Å². The van der Waals surface area contributed by atoms with Gasteiger partial charge in [0.15, 0.2) is 0 Å². The summed E-state index contributed by atoms with van der Waals surface area (Å²) >= 11 is 1.43. The Kier molecular flexibility index (Phi) is 6.12. The maximum Gasteiger partial charge on any atom is 0.262 e. The zero-order valence-corrected chi connectivity index (χ0v) is 12.7. The first kappa shape index (κ1) is 16.6. The molecule has 2 aromatic rings. The van der Waals surface area contributed by atoms with Gasteiger partial charge in [-0.2, -0.15) is 0 Å². The van der Waals surface area contributed by atoms with Crippen LogP contribution in [0.4, 0.5) is 0 Å². The highest BCUT2D eigenvalue weighted by Gasteiger charge is 2.08. The number of rotatable bonds is 5.